The summed E-state index contributed by atoms with van der Waals surface area (Å²) in [5.41, 5.74) is 3.25. The first-order valence-corrected chi connectivity index (χ1v) is 8.10. The molecule has 0 saturated carbocycles. The van der Waals surface area contributed by atoms with Crippen molar-refractivity contribution >= 4 is 23.4 Å². The number of amides is 1. The summed E-state index contributed by atoms with van der Waals surface area (Å²) in [4.78, 5) is 12.8. The van der Waals surface area contributed by atoms with Crippen LogP contribution in [0.3, 0.4) is 0 Å². The molecule has 0 aliphatic rings. The van der Waals surface area contributed by atoms with Gasteiger partial charge in [0.1, 0.15) is 0 Å². The van der Waals surface area contributed by atoms with E-state index in [0.717, 1.165) is 17.8 Å². The second-order valence-electron chi connectivity index (χ2n) is 4.71. The molecule has 2 rings (SSSR count). The second kappa shape index (κ2) is 7.74. The van der Waals surface area contributed by atoms with Crippen molar-refractivity contribution in [3.63, 3.8) is 0 Å². The smallest absolute Gasteiger partial charge is 0.224 e. The van der Waals surface area contributed by atoms with Gasteiger partial charge in [-0.05, 0) is 35.6 Å². The molecule has 4 heteroatoms. The lowest BCUT2D eigenvalue weighted by Crippen LogP contribution is -2.20. The van der Waals surface area contributed by atoms with Gasteiger partial charge in [0.2, 0.25) is 5.91 Å². The van der Waals surface area contributed by atoms with Crippen LogP contribution < -0.4 is 10.6 Å². The Bertz CT molecular complexity index is 596. The quantitative estimate of drug-likeness (QED) is 0.804. The summed E-state index contributed by atoms with van der Waals surface area (Å²) in [6, 6.07) is 16.4. The van der Waals surface area contributed by atoms with Gasteiger partial charge in [0.15, 0.2) is 0 Å². The topological polar surface area (TPSA) is 41.1 Å². The monoisotopic (exact) mass is 300 g/mol. The molecule has 2 aromatic carbocycles. The normalized spacial score (nSPS) is 10.2. The van der Waals surface area contributed by atoms with Gasteiger partial charge in [-0.3, -0.25) is 4.79 Å². The maximum atomic E-state index is 11.5. The number of benzene rings is 2. The average molecular weight is 300 g/mol. The molecule has 1 amide bonds. The van der Waals surface area contributed by atoms with Crippen molar-refractivity contribution in [3.05, 3.63) is 59.7 Å². The zero-order valence-corrected chi connectivity index (χ0v) is 13.2. The Morgan fingerprint density at radius 3 is 2.48 bits per heavy atom. The molecule has 21 heavy (non-hydrogen) atoms. The highest BCUT2D eigenvalue weighted by molar-refractivity contribution is 7.98. The molecule has 0 aliphatic heterocycles. The molecule has 0 saturated heterocycles. The lowest BCUT2D eigenvalue weighted by atomic mass is 10.1. The molecule has 0 spiro atoms. The molecule has 0 heterocycles. The molecule has 0 bridgehead atoms. The van der Waals surface area contributed by atoms with Crippen molar-refractivity contribution in [2.24, 2.45) is 0 Å². The molecule has 0 aliphatic carbocycles. The van der Waals surface area contributed by atoms with E-state index in [1.54, 1.807) is 18.8 Å². The van der Waals surface area contributed by atoms with Crippen LogP contribution in [-0.2, 0) is 17.8 Å². The van der Waals surface area contributed by atoms with E-state index in [2.05, 4.69) is 41.2 Å². The number of thioether (sulfide) groups is 1. The van der Waals surface area contributed by atoms with Gasteiger partial charge in [-0.2, -0.15) is 0 Å². The van der Waals surface area contributed by atoms with Crippen LogP contribution in [0.15, 0.2) is 53.4 Å². The lowest BCUT2D eigenvalue weighted by molar-refractivity contribution is -0.119. The summed E-state index contributed by atoms with van der Waals surface area (Å²) < 4.78 is 0. The van der Waals surface area contributed by atoms with Gasteiger partial charge in [-0.15, -0.1) is 11.8 Å². The van der Waals surface area contributed by atoms with Crippen molar-refractivity contribution < 1.29 is 4.79 Å². The van der Waals surface area contributed by atoms with Crippen molar-refractivity contribution in [1.82, 2.24) is 5.32 Å². The number of carbonyl (C=O) groups excluding carboxylic acids is 1. The Morgan fingerprint density at radius 2 is 1.81 bits per heavy atom. The zero-order valence-electron chi connectivity index (χ0n) is 12.3. The number of likely N-dealkylation sites (N-methyl/N-ethyl adjacent to an activating group) is 1. The number of carbonyl (C=O) groups is 1. The summed E-state index contributed by atoms with van der Waals surface area (Å²) in [5.74, 6) is 0.0218. The van der Waals surface area contributed by atoms with E-state index in [-0.39, 0.29) is 5.91 Å². The van der Waals surface area contributed by atoms with Gasteiger partial charge >= 0.3 is 0 Å². The highest BCUT2D eigenvalue weighted by Gasteiger charge is 2.06. The Hall–Kier alpha value is -1.94. The van der Waals surface area contributed by atoms with Crippen LogP contribution in [0.25, 0.3) is 0 Å². The molecule has 0 fully saturated rings. The molecule has 0 atom stereocenters. The summed E-state index contributed by atoms with van der Waals surface area (Å²) in [7, 11) is 1.66. The van der Waals surface area contributed by atoms with Gasteiger partial charge in [0, 0.05) is 24.2 Å². The van der Waals surface area contributed by atoms with Gasteiger partial charge in [-0.1, -0.05) is 30.3 Å². The van der Waals surface area contributed by atoms with E-state index in [4.69, 9.17) is 0 Å². The van der Waals surface area contributed by atoms with Crippen LogP contribution in [0, 0.1) is 0 Å². The molecule has 0 radical (unpaired) electrons. The maximum absolute atomic E-state index is 11.5. The lowest BCUT2D eigenvalue weighted by Gasteiger charge is -2.12. The summed E-state index contributed by atoms with van der Waals surface area (Å²) in [5, 5.41) is 6.07. The third-order valence-corrected chi connectivity index (χ3v) is 4.03. The molecule has 2 aromatic rings. The van der Waals surface area contributed by atoms with Crippen molar-refractivity contribution in [3.8, 4) is 0 Å². The highest BCUT2D eigenvalue weighted by Crippen LogP contribution is 2.18. The molecule has 0 unspecified atom stereocenters. The highest BCUT2D eigenvalue weighted by atomic mass is 32.2. The second-order valence-corrected chi connectivity index (χ2v) is 5.59. The van der Waals surface area contributed by atoms with Gasteiger partial charge in [0.05, 0.1) is 6.42 Å². The molecular formula is C17H20N2OS. The minimum atomic E-state index is 0.0218. The fourth-order valence-corrected chi connectivity index (χ4v) is 2.46. The van der Waals surface area contributed by atoms with Gasteiger partial charge in [0.25, 0.3) is 0 Å². The molecule has 0 aromatic heterocycles. The number of para-hydroxylation sites is 1. The number of anilines is 1. The third-order valence-electron chi connectivity index (χ3n) is 3.29. The van der Waals surface area contributed by atoms with Crippen LogP contribution in [0.1, 0.15) is 11.1 Å². The van der Waals surface area contributed by atoms with E-state index in [1.165, 1.54) is 10.5 Å². The van der Waals surface area contributed by atoms with Crippen molar-refractivity contribution in [1.29, 1.82) is 0 Å². The van der Waals surface area contributed by atoms with Gasteiger partial charge in [-0.25, -0.2) is 0 Å². The van der Waals surface area contributed by atoms with E-state index in [0.29, 0.717) is 6.42 Å². The first kappa shape index (κ1) is 15.4. The van der Waals surface area contributed by atoms with E-state index >= 15 is 0 Å². The Labute approximate surface area is 130 Å². The summed E-state index contributed by atoms with van der Waals surface area (Å²) in [6.07, 6.45) is 2.47. The Balaban J connectivity index is 2.03. The summed E-state index contributed by atoms with van der Waals surface area (Å²) in [6.45, 7) is 0.749. The minimum Gasteiger partial charge on any atom is -0.381 e. The van der Waals surface area contributed by atoms with Crippen LogP contribution in [0.2, 0.25) is 0 Å². The zero-order chi connectivity index (χ0) is 15.1. The van der Waals surface area contributed by atoms with Gasteiger partial charge < -0.3 is 10.6 Å². The molecule has 110 valence electrons. The minimum absolute atomic E-state index is 0.0218. The van der Waals surface area contributed by atoms with Crippen molar-refractivity contribution in [2.45, 2.75) is 17.9 Å². The van der Waals surface area contributed by atoms with E-state index in [9.17, 15) is 4.79 Å². The number of hydrogen-bond acceptors (Lipinski definition) is 3. The first-order valence-electron chi connectivity index (χ1n) is 6.88. The molecular weight excluding hydrogens is 280 g/mol. The van der Waals surface area contributed by atoms with E-state index in [1.807, 2.05) is 24.3 Å². The Kier molecular flexibility index (Phi) is 5.69. The van der Waals surface area contributed by atoms with Crippen LogP contribution in [0.5, 0.6) is 0 Å². The van der Waals surface area contributed by atoms with E-state index < -0.39 is 0 Å². The van der Waals surface area contributed by atoms with Crippen LogP contribution in [0.4, 0.5) is 5.69 Å². The average Bonchev–Trinajstić information content (AvgIpc) is 2.54. The SMILES string of the molecule is CNC(=O)Cc1ccccc1NCc1ccc(SC)cc1. The molecule has 3 nitrogen and oxygen atoms in total. The largest absolute Gasteiger partial charge is 0.381 e. The fourth-order valence-electron chi connectivity index (χ4n) is 2.05. The first-order chi connectivity index (χ1) is 10.2. The molecule has 2 N–H and O–H groups in total. The van der Waals surface area contributed by atoms with Crippen LogP contribution in [-0.4, -0.2) is 19.2 Å². The Morgan fingerprint density at radius 1 is 1.10 bits per heavy atom. The number of hydrogen-bond donors (Lipinski definition) is 2. The standard InChI is InChI=1S/C17H20N2OS/c1-18-17(20)11-14-5-3-4-6-16(14)19-12-13-7-9-15(21-2)10-8-13/h3-10,19H,11-12H2,1-2H3,(H,18,20). The van der Waals surface area contributed by atoms with Crippen LogP contribution >= 0.6 is 11.8 Å². The number of rotatable bonds is 6. The maximum Gasteiger partial charge on any atom is 0.224 e. The third kappa shape index (κ3) is 4.53. The summed E-state index contributed by atoms with van der Waals surface area (Å²) >= 11 is 1.74. The van der Waals surface area contributed by atoms with Crippen molar-refractivity contribution in [2.75, 3.05) is 18.6 Å². The number of nitrogens with one attached hydrogen (secondary N) is 2. The predicted molar refractivity (Wildman–Crippen MR) is 89.8 cm³/mol. The fraction of sp³-hybridized carbons (Fsp3) is 0.235. The predicted octanol–water partition coefficient (Wildman–Crippen LogP) is 3.31.